The molecule has 0 aromatic carbocycles. The lowest BCUT2D eigenvalue weighted by Crippen LogP contribution is -2.32. The van der Waals surface area contributed by atoms with Crippen molar-refractivity contribution in [2.45, 2.75) is 37.4 Å². The largest absolute Gasteiger partial charge is 0.469 e. The van der Waals surface area contributed by atoms with Gasteiger partial charge >= 0.3 is 11.9 Å². The van der Waals surface area contributed by atoms with Gasteiger partial charge in [0.05, 0.1) is 31.6 Å². The summed E-state index contributed by atoms with van der Waals surface area (Å²) in [7, 11) is 2.58. The van der Waals surface area contributed by atoms with Crippen molar-refractivity contribution in [3.63, 3.8) is 0 Å². The molecule has 1 aromatic heterocycles. The van der Waals surface area contributed by atoms with Crippen molar-refractivity contribution in [2.75, 3.05) is 14.2 Å². The number of hydrogen-bond acceptors (Lipinski definition) is 6. The summed E-state index contributed by atoms with van der Waals surface area (Å²) in [6, 6.07) is 3.80. The third-order valence-electron chi connectivity index (χ3n) is 4.45. The molecule has 0 spiro atoms. The molecule has 0 fully saturated rings. The fraction of sp³-hybridized carbons (Fsp3) is 0.444. The lowest BCUT2D eigenvalue weighted by Gasteiger charge is -2.25. The Bertz CT molecular complexity index is 684. The van der Waals surface area contributed by atoms with Crippen molar-refractivity contribution < 1.29 is 28.2 Å². The number of furan rings is 1. The summed E-state index contributed by atoms with van der Waals surface area (Å²) >= 11 is 0. The summed E-state index contributed by atoms with van der Waals surface area (Å²) in [6.45, 7) is 0. The number of carbonyl (C=O) groups is 2. The third kappa shape index (κ3) is 2.78. The molecular formula is C18H20O6. The lowest BCUT2D eigenvalue weighted by atomic mass is 9.83. The Labute approximate surface area is 140 Å². The molecule has 0 saturated carbocycles. The van der Waals surface area contributed by atoms with E-state index in [1.165, 1.54) is 14.2 Å². The first-order chi connectivity index (χ1) is 11.6. The lowest BCUT2D eigenvalue weighted by molar-refractivity contribution is -0.139. The van der Waals surface area contributed by atoms with Gasteiger partial charge in [0.15, 0.2) is 0 Å². The number of hydrogen-bond donors (Lipinski definition) is 0. The quantitative estimate of drug-likeness (QED) is 0.433. The van der Waals surface area contributed by atoms with E-state index in [0.717, 1.165) is 25.0 Å². The van der Waals surface area contributed by atoms with Gasteiger partial charge in [0.2, 0.25) is 0 Å². The van der Waals surface area contributed by atoms with E-state index < -0.39 is 23.6 Å². The van der Waals surface area contributed by atoms with Gasteiger partial charge < -0.3 is 18.6 Å². The van der Waals surface area contributed by atoms with E-state index >= 15 is 0 Å². The van der Waals surface area contributed by atoms with Crippen molar-refractivity contribution >= 4 is 11.9 Å². The SMILES string of the molecule is COC(=O)C1=C(C(=O)OC)C2(CCCCc3ccco3)C=CC1O2. The van der Waals surface area contributed by atoms with Crippen LogP contribution in [-0.4, -0.2) is 37.9 Å². The Balaban J connectivity index is 1.74. The summed E-state index contributed by atoms with van der Waals surface area (Å²) in [5.41, 5.74) is -0.384. The summed E-state index contributed by atoms with van der Waals surface area (Å²) in [4.78, 5) is 24.3. The number of unbranched alkanes of at least 4 members (excludes halogenated alkanes) is 1. The number of esters is 2. The van der Waals surface area contributed by atoms with E-state index in [-0.39, 0.29) is 11.1 Å². The molecular weight excluding hydrogens is 312 g/mol. The van der Waals surface area contributed by atoms with E-state index in [1.54, 1.807) is 12.3 Å². The van der Waals surface area contributed by atoms with Gasteiger partial charge in [-0.25, -0.2) is 9.59 Å². The molecule has 0 N–H and O–H groups in total. The minimum Gasteiger partial charge on any atom is -0.469 e. The van der Waals surface area contributed by atoms with Crippen LogP contribution in [0.15, 0.2) is 46.1 Å². The van der Waals surface area contributed by atoms with Crippen molar-refractivity contribution in [2.24, 2.45) is 0 Å². The van der Waals surface area contributed by atoms with Gasteiger partial charge in [-0.1, -0.05) is 6.08 Å². The molecule has 0 aliphatic carbocycles. The van der Waals surface area contributed by atoms with E-state index in [1.807, 2.05) is 18.2 Å². The Morgan fingerprint density at radius 3 is 2.67 bits per heavy atom. The molecule has 2 aliphatic heterocycles. The van der Waals surface area contributed by atoms with Crippen LogP contribution in [0.3, 0.4) is 0 Å². The van der Waals surface area contributed by atoms with Gasteiger partial charge in [-0.2, -0.15) is 0 Å². The Morgan fingerprint density at radius 2 is 2.00 bits per heavy atom. The molecule has 3 rings (SSSR count). The van der Waals surface area contributed by atoms with Gasteiger partial charge in [-0.15, -0.1) is 0 Å². The van der Waals surface area contributed by atoms with Crippen molar-refractivity contribution in [1.82, 2.24) is 0 Å². The topological polar surface area (TPSA) is 75.0 Å². The normalized spacial score (nSPS) is 24.5. The Kier molecular flexibility index (Phi) is 4.57. The molecule has 6 nitrogen and oxygen atoms in total. The number of aryl methyl sites for hydroxylation is 1. The van der Waals surface area contributed by atoms with E-state index in [4.69, 9.17) is 18.6 Å². The standard InChI is InChI=1S/C18H20O6/c1-21-16(19)14-13-8-10-18(24-13,15(14)17(20)22-2)9-4-3-6-12-7-5-11-23-12/h5,7-8,10-11,13H,3-4,6,9H2,1-2H3. The molecule has 2 bridgehead atoms. The van der Waals surface area contributed by atoms with Gasteiger partial charge in [0.1, 0.15) is 17.5 Å². The van der Waals surface area contributed by atoms with Crippen LogP contribution in [-0.2, 0) is 30.2 Å². The smallest absolute Gasteiger partial charge is 0.337 e. The van der Waals surface area contributed by atoms with Crippen LogP contribution in [0.5, 0.6) is 0 Å². The summed E-state index contributed by atoms with van der Waals surface area (Å²) in [5, 5.41) is 0. The van der Waals surface area contributed by atoms with Crippen LogP contribution in [0.25, 0.3) is 0 Å². The maximum atomic E-state index is 12.2. The highest BCUT2D eigenvalue weighted by molar-refractivity contribution is 6.05. The molecule has 128 valence electrons. The van der Waals surface area contributed by atoms with Gasteiger partial charge in [0, 0.05) is 6.42 Å². The molecule has 3 heterocycles. The summed E-state index contributed by atoms with van der Waals surface area (Å²) in [6.07, 6.45) is 7.86. The fourth-order valence-corrected chi connectivity index (χ4v) is 3.34. The first-order valence-electron chi connectivity index (χ1n) is 7.92. The van der Waals surface area contributed by atoms with Crippen molar-refractivity contribution in [3.05, 3.63) is 47.5 Å². The molecule has 0 amide bonds. The van der Waals surface area contributed by atoms with Crippen LogP contribution in [0.1, 0.15) is 25.0 Å². The molecule has 2 unspecified atom stereocenters. The average molecular weight is 332 g/mol. The zero-order valence-electron chi connectivity index (χ0n) is 13.7. The van der Waals surface area contributed by atoms with Crippen molar-refractivity contribution in [3.8, 4) is 0 Å². The molecule has 24 heavy (non-hydrogen) atoms. The minimum atomic E-state index is -0.898. The van der Waals surface area contributed by atoms with Crippen LogP contribution in [0.4, 0.5) is 0 Å². The molecule has 2 atom stereocenters. The summed E-state index contributed by atoms with van der Waals surface area (Å²) < 4.78 is 20.9. The van der Waals surface area contributed by atoms with Gasteiger partial charge in [-0.3, -0.25) is 0 Å². The van der Waals surface area contributed by atoms with Crippen LogP contribution in [0.2, 0.25) is 0 Å². The zero-order valence-corrected chi connectivity index (χ0v) is 13.7. The Morgan fingerprint density at radius 1 is 1.21 bits per heavy atom. The monoisotopic (exact) mass is 332 g/mol. The highest BCUT2D eigenvalue weighted by atomic mass is 16.6. The second kappa shape index (κ2) is 6.65. The first kappa shape index (κ1) is 16.5. The number of ether oxygens (including phenoxy) is 3. The Hall–Kier alpha value is -2.34. The van der Waals surface area contributed by atoms with Crippen molar-refractivity contribution in [1.29, 1.82) is 0 Å². The summed E-state index contributed by atoms with van der Waals surface area (Å²) in [5.74, 6) is -0.172. The number of methoxy groups -OCH3 is 2. The van der Waals surface area contributed by atoms with E-state index in [9.17, 15) is 9.59 Å². The number of carbonyl (C=O) groups excluding carboxylic acids is 2. The van der Waals surface area contributed by atoms with Crippen LogP contribution < -0.4 is 0 Å². The fourth-order valence-electron chi connectivity index (χ4n) is 3.34. The third-order valence-corrected chi connectivity index (χ3v) is 4.45. The molecule has 1 aromatic rings. The predicted molar refractivity (Wildman–Crippen MR) is 84.1 cm³/mol. The maximum Gasteiger partial charge on any atom is 0.337 e. The van der Waals surface area contributed by atoms with Crippen LogP contribution >= 0.6 is 0 Å². The van der Waals surface area contributed by atoms with E-state index in [0.29, 0.717) is 6.42 Å². The highest BCUT2D eigenvalue weighted by Crippen LogP contribution is 2.46. The van der Waals surface area contributed by atoms with Crippen LogP contribution in [0, 0.1) is 0 Å². The van der Waals surface area contributed by atoms with Gasteiger partial charge in [-0.05, 0) is 37.5 Å². The number of rotatable bonds is 7. The zero-order chi connectivity index (χ0) is 17.2. The first-order valence-corrected chi connectivity index (χ1v) is 7.92. The molecule has 6 heteroatoms. The predicted octanol–water partition coefficient (Wildman–Crippen LogP) is 2.34. The second-order valence-electron chi connectivity index (χ2n) is 5.85. The van der Waals surface area contributed by atoms with Gasteiger partial charge in [0.25, 0.3) is 0 Å². The van der Waals surface area contributed by atoms with E-state index in [2.05, 4.69) is 0 Å². The average Bonchev–Trinajstić information content (AvgIpc) is 3.32. The molecule has 0 radical (unpaired) electrons. The molecule has 0 saturated heterocycles. The second-order valence-corrected chi connectivity index (χ2v) is 5.85. The maximum absolute atomic E-state index is 12.2. The molecule has 2 aliphatic rings. The highest BCUT2D eigenvalue weighted by Gasteiger charge is 2.53. The minimum absolute atomic E-state index is 0.248. The number of fused-ring (bicyclic) bond motifs is 2.